The molecule has 3 N–H and O–H groups in total. The Labute approximate surface area is 111 Å². The van der Waals surface area contributed by atoms with Gasteiger partial charge in [-0.2, -0.15) is 0 Å². The minimum Gasteiger partial charge on any atom is -0.396 e. The molecule has 6 heteroatoms. The SMILES string of the molecule is Nc1cc(Br)cnc1Nc1cc(Cl)ccc1F. The van der Waals surface area contributed by atoms with E-state index in [4.69, 9.17) is 17.3 Å². The molecule has 0 fully saturated rings. The zero-order chi connectivity index (χ0) is 12.4. The number of anilines is 3. The van der Waals surface area contributed by atoms with Crippen LogP contribution in [-0.4, -0.2) is 4.98 Å². The monoisotopic (exact) mass is 315 g/mol. The lowest BCUT2D eigenvalue weighted by atomic mass is 10.3. The standard InChI is InChI=1S/C11H8BrClFN3/c12-6-3-9(15)11(16-5-6)17-10-4-7(13)1-2-8(10)14/h1-5H,15H2,(H,16,17). The number of halogens is 3. The molecule has 0 atom stereocenters. The van der Waals surface area contributed by atoms with E-state index in [1.54, 1.807) is 12.3 Å². The molecular weight excluding hydrogens is 308 g/mol. The smallest absolute Gasteiger partial charge is 0.153 e. The molecule has 0 saturated heterocycles. The zero-order valence-electron chi connectivity index (χ0n) is 8.55. The van der Waals surface area contributed by atoms with Crippen LogP contribution >= 0.6 is 27.5 Å². The maximum absolute atomic E-state index is 13.5. The van der Waals surface area contributed by atoms with Gasteiger partial charge in [0.25, 0.3) is 0 Å². The Bertz CT molecular complexity index is 562. The first kappa shape index (κ1) is 12.1. The summed E-state index contributed by atoms with van der Waals surface area (Å²) in [6.45, 7) is 0. The quantitative estimate of drug-likeness (QED) is 0.881. The number of nitrogens with one attached hydrogen (secondary N) is 1. The van der Waals surface area contributed by atoms with Crippen LogP contribution in [0.15, 0.2) is 34.9 Å². The van der Waals surface area contributed by atoms with Gasteiger partial charge in [0.1, 0.15) is 5.82 Å². The second-order valence-electron chi connectivity index (χ2n) is 3.34. The summed E-state index contributed by atoms with van der Waals surface area (Å²) < 4.78 is 14.2. The fourth-order valence-corrected chi connectivity index (χ4v) is 1.80. The number of nitrogens with two attached hydrogens (primary N) is 1. The first-order valence-corrected chi connectivity index (χ1v) is 5.86. The van der Waals surface area contributed by atoms with Gasteiger partial charge < -0.3 is 11.1 Å². The Morgan fingerprint density at radius 2 is 2.12 bits per heavy atom. The molecule has 3 nitrogen and oxygen atoms in total. The third kappa shape index (κ3) is 2.87. The average Bonchev–Trinajstić information content (AvgIpc) is 2.27. The van der Waals surface area contributed by atoms with Crippen LogP contribution < -0.4 is 11.1 Å². The molecule has 0 bridgehead atoms. The van der Waals surface area contributed by atoms with E-state index >= 15 is 0 Å². The van der Waals surface area contributed by atoms with E-state index < -0.39 is 5.82 Å². The van der Waals surface area contributed by atoms with Gasteiger partial charge in [0.15, 0.2) is 5.82 Å². The molecule has 0 radical (unpaired) electrons. The summed E-state index contributed by atoms with van der Waals surface area (Å²) in [6.07, 6.45) is 1.57. The normalized spacial score (nSPS) is 10.3. The molecule has 17 heavy (non-hydrogen) atoms. The van der Waals surface area contributed by atoms with E-state index in [0.29, 0.717) is 16.5 Å². The number of nitrogens with zero attached hydrogens (tertiary/aromatic N) is 1. The van der Waals surface area contributed by atoms with Crippen LogP contribution in [0, 0.1) is 5.82 Å². The van der Waals surface area contributed by atoms with Crippen molar-refractivity contribution in [2.24, 2.45) is 0 Å². The highest BCUT2D eigenvalue weighted by Gasteiger charge is 2.06. The Hall–Kier alpha value is -1.33. The van der Waals surface area contributed by atoms with Gasteiger partial charge in [0.2, 0.25) is 0 Å². The molecule has 2 aromatic rings. The summed E-state index contributed by atoms with van der Waals surface area (Å²) in [5.74, 6) is -0.0344. The van der Waals surface area contributed by atoms with E-state index in [-0.39, 0.29) is 5.69 Å². The second kappa shape index (κ2) is 4.89. The summed E-state index contributed by atoms with van der Waals surface area (Å²) in [7, 11) is 0. The number of benzene rings is 1. The lowest BCUT2D eigenvalue weighted by Crippen LogP contribution is -2.00. The minimum absolute atomic E-state index is 0.235. The molecule has 0 aliphatic rings. The first-order chi connectivity index (χ1) is 8.06. The van der Waals surface area contributed by atoms with Gasteiger partial charge in [0, 0.05) is 15.7 Å². The summed E-state index contributed by atoms with van der Waals surface area (Å²) >= 11 is 9.02. The molecule has 1 aromatic carbocycles. The van der Waals surface area contributed by atoms with Crippen LogP contribution in [0.5, 0.6) is 0 Å². The van der Waals surface area contributed by atoms with Gasteiger partial charge in [-0.05, 0) is 40.2 Å². The highest BCUT2D eigenvalue weighted by Crippen LogP contribution is 2.26. The molecule has 1 aromatic heterocycles. The van der Waals surface area contributed by atoms with Crippen LogP contribution in [0.2, 0.25) is 5.02 Å². The molecule has 0 aliphatic carbocycles. The van der Waals surface area contributed by atoms with Crippen molar-refractivity contribution in [3.8, 4) is 0 Å². The van der Waals surface area contributed by atoms with Crippen LogP contribution in [-0.2, 0) is 0 Å². The molecule has 0 spiro atoms. The predicted octanol–water partition coefficient (Wildman–Crippen LogP) is 3.96. The van der Waals surface area contributed by atoms with Crippen molar-refractivity contribution in [2.45, 2.75) is 0 Å². The molecule has 1 heterocycles. The Morgan fingerprint density at radius 3 is 2.82 bits per heavy atom. The third-order valence-corrected chi connectivity index (χ3v) is 2.73. The number of aromatic nitrogens is 1. The minimum atomic E-state index is -0.418. The Morgan fingerprint density at radius 1 is 1.35 bits per heavy atom. The van der Waals surface area contributed by atoms with Gasteiger partial charge in [-0.3, -0.25) is 0 Å². The van der Waals surface area contributed by atoms with Gasteiger partial charge in [-0.15, -0.1) is 0 Å². The number of rotatable bonds is 2. The molecular formula is C11H8BrClFN3. The predicted molar refractivity (Wildman–Crippen MR) is 71.0 cm³/mol. The number of pyridine rings is 1. The average molecular weight is 317 g/mol. The summed E-state index contributed by atoms with van der Waals surface area (Å²) in [4.78, 5) is 4.05. The van der Waals surface area contributed by atoms with Gasteiger partial charge in [0.05, 0.1) is 11.4 Å². The molecule has 0 amide bonds. The van der Waals surface area contributed by atoms with Crippen molar-refractivity contribution >= 4 is 44.7 Å². The van der Waals surface area contributed by atoms with Crippen LogP contribution in [0.3, 0.4) is 0 Å². The second-order valence-corrected chi connectivity index (χ2v) is 4.69. The van der Waals surface area contributed by atoms with Crippen molar-refractivity contribution in [1.29, 1.82) is 0 Å². The molecule has 2 rings (SSSR count). The number of nitrogen functional groups attached to an aromatic ring is 1. The third-order valence-electron chi connectivity index (χ3n) is 2.07. The fraction of sp³-hybridized carbons (Fsp3) is 0. The van der Waals surface area contributed by atoms with Crippen molar-refractivity contribution in [3.05, 3.63) is 45.8 Å². The summed E-state index contributed by atoms with van der Waals surface area (Å²) in [6, 6.07) is 5.90. The molecule has 0 saturated carbocycles. The van der Waals surface area contributed by atoms with Gasteiger partial charge in [-0.25, -0.2) is 9.37 Å². The fourth-order valence-electron chi connectivity index (χ4n) is 1.28. The van der Waals surface area contributed by atoms with Crippen LogP contribution in [0.25, 0.3) is 0 Å². The topological polar surface area (TPSA) is 50.9 Å². The molecule has 0 unspecified atom stereocenters. The van der Waals surface area contributed by atoms with E-state index in [1.807, 2.05) is 0 Å². The van der Waals surface area contributed by atoms with E-state index in [1.165, 1.54) is 18.2 Å². The Kier molecular flexibility index (Phi) is 3.49. The Balaban J connectivity index is 2.34. The highest BCUT2D eigenvalue weighted by atomic mass is 79.9. The number of hydrogen-bond donors (Lipinski definition) is 2. The van der Waals surface area contributed by atoms with E-state index in [9.17, 15) is 4.39 Å². The number of hydrogen-bond acceptors (Lipinski definition) is 3. The molecule has 88 valence electrons. The molecule has 0 aliphatic heterocycles. The van der Waals surface area contributed by atoms with Crippen molar-refractivity contribution in [1.82, 2.24) is 4.98 Å². The summed E-state index contributed by atoms with van der Waals surface area (Å²) in [5.41, 5.74) is 6.40. The largest absolute Gasteiger partial charge is 0.396 e. The maximum atomic E-state index is 13.5. The van der Waals surface area contributed by atoms with Crippen LogP contribution in [0.4, 0.5) is 21.6 Å². The lowest BCUT2D eigenvalue weighted by Gasteiger charge is -2.09. The summed E-state index contributed by atoms with van der Waals surface area (Å²) in [5, 5.41) is 3.23. The van der Waals surface area contributed by atoms with Crippen molar-refractivity contribution in [3.63, 3.8) is 0 Å². The van der Waals surface area contributed by atoms with Crippen molar-refractivity contribution in [2.75, 3.05) is 11.1 Å². The zero-order valence-corrected chi connectivity index (χ0v) is 10.9. The maximum Gasteiger partial charge on any atom is 0.153 e. The highest BCUT2D eigenvalue weighted by molar-refractivity contribution is 9.10. The van der Waals surface area contributed by atoms with E-state index in [0.717, 1.165) is 4.47 Å². The van der Waals surface area contributed by atoms with Gasteiger partial charge >= 0.3 is 0 Å². The van der Waals surface area contributed by atoms with E-state index in [2.05, 4.69) is 26.2 Å². The van der Waals surface area contributed by atoms with Crippen molar-refractivity contribution < 1.29 is 4.39 Å². The lowest BCUT2D eigenvalue weighted by molar-refractivity contribution is 0.632. The van der Waals surface area contributed by atoms with Gasteiger partial charge in [-0.1, -0.05) is 11.6 Å². The van der Waals surface area contributed by atoms with Crippen LogP contribution in [0.1, 0.15) is 0 Å². The first-order valence-electron chi connectivity index (χ1n) is 4.69.